The van der Waals surface area contributed by atoms with Crippen molar-refractivity contribution in [2.45, 2.75) is 33.1 Å². The highest BCUT2D eigenvalue weighted by Gasteiger charge is 2.43. The van der Waals surface area contributed by atoms with Crippen molar-refractivity contribution in [3.8, 4) is 17.3 Å². The van der Waals surface area contributed by atoms with E-state index in [0.29, 0.717) is 28.9 Å². The Bertz CT molecular complexity index is 1370. The van der Waals surface area contributed by atoms with Crippen LogP contribution in [0.3, 0.4) is 0 Å². The lowest BCUT2D eigenvalue weighted by Gasteiger charge is -2.14. The molecule has 0 saturated carbocycles. The van der Waals surface area contributed by atoms with Crippen LogP contribution in [-0.4, -0.2) is 48.2 Å². The molecule has 10 nitrogen and oxygen atoms in total. The van der Waals surface area contributed by atoms with Gasteiger partial charge in [0.05, 0.1) is 17.9 Å². The van der Waals surface area contributed by atoms with Gasteiger partial charge in [-0.05, 0) is 44.2 Å². The van der Waals surface area contributed by atoms with Crippen LogP contribution < -0.4 is 14.8 Å². The van der Waals surface area contributed by atoms with Crippen LogP contribution in [0.25, 0.3) is 5.82 Å². The fourth-order valence-electron chi connectivity index (χ4n) is 3.16. The molecule has 0 radical (unpaired) electrons. The van der Waals surface area contributed by atoms with Crippen molar-refractivity contribution in [1.82, 2.24) is 25.1 Å². The van der Waals surface area contributed by atoms with Gasteiger partial charge in [-0.3, -0.25) is 4.79 Å². The van der Waals surface area contributed by atoms with Crippen LogP contribution in [-0.2, 0) is 9.73 Å². The zero-order valence-corrected chi connectivity index (χ0v) is 19.6. The van der Waals surface area contributed by atoms with Gasteiger partial charge in [0.1, 0.15) is 5.82 Å². The average molecular weight is 493 g/mol. The van der Waals surface area contributed by atoms with Gasteiger partial charge in [0.2, 0.25) is 0 Å². The number of benzene rings is 1. The smallest absolute Gasteiger partial charge is 0.395 e. The number of pyridine rings is 1. The zero-order chi connectivity index (χ0) is 24.7. The minimum atomic E-state index is -3.77. The summed E-state index contributed by atoms with van der Waals surface area (Å²) in [7, 11) is -2.32. The molecule has 2 atom stereocenters. The first-order valence-electron chi connectivity index (χ1n) is 10.3. The number of ether oxygens (including phenoxy) is 2. The second-order valence-electron chi connectivity index (χ2n) is 7.67. The van der Waals surface area contributed by atoms with E-state index in [0.717, 1.165) is 0 Å². The minimum Gasteiger partial charge on any atom is -0.395 e. The average Bonchev–Trinajstić information content (AvgIpc) is 3.31. The maximum Gasteiger partial charge on any atom is 0.586 e. The van der Waals surface area contributed by atoms with Gasteiger partial charge in [-0.15, -0.1) is 13.9 Å². The largest absolute Gasteiger partial charge is 0.586 e. The molecule has 4 rings (SSSR count). The van der Waals surface area contributed by atoms with E-state index >= 15 is 0 Å². The van der Waals surface area contributed by atoms with Crippen LogP contribution in [0.4, 0.5) is 14.5 Å². The Labute approximate surface area is 194 Å². The van der Waals surface area contributed by atoms with Gasteiger partial charge in [-0.1, -0.05) is 6.92 Å². The molecule has 1 unspecified atom stereocenters. The molecule has 0 spiro atoms. The Morgan fingerprint density at radius 1 is 1.26 bits per heavy atom. The maximum absolute atomic E-state index is 13.2. The first kappa shape index (κ1) is 23.5. The van der Waals surface area contributed by atoms with Gasteiger partial charge in [-0.2, -0.15) is 9.04 Å². The number of fused-ring (bicyclic) bond motifs is 1. The molecule has 3 aromatic rings. The summed E-state index contributed by atoms with van der Waals surface area (Å²) in [5, 5.41) is 7.12. The fraction of sp³-hybridized carbons (Fsp3) is 0.333. The molecule has 1 amide bonds. The molecule has 0 fully saturated rings. The Morgan fingerprint density at radius 2 is 2.00 bits per heavy atom. The van der Waals surface area contributed by atoms with E-state index in [4.69, 9.17) is 0 Å². The number of alkyl halides is 2. The number of carbonyl (C=O) groups is 1. The number of halogens is 2. The van der Waals surface area contributed by atoms with E-state index in [-0.39, 0.29) is 17.1 Å². The molecule has 13 heteroatoms. The van der Waals surface area contributed by atoms with Gasteiger partial charge in [0, 0.05) is 27.3 Å². The van der Waals surface area contributed by atoms with Gasteiger partial charge in [-0.25, -0.2) is 14.2 Å². The van der Waals surface area contributed by atoms with Gasteiger partial charge in [0.15, 0.2) is 23.1 Å². The predicted octanol–water partition coefficient (Wildman–Crippen LogP) is 3.53. The van der Waals surface area contributed by atoms with Crippen LogP contribution in [0.15, 0.2) is 40.9 Å². The van der Waals surface area contributed by atoms with Crippen molar-refractivity contribution in [3.05, 3.63) is 53.7 Å². The highest BCUT2D eigenvalue weighted by Crippen LogP contribution is 2.41. The summed E-state index contributed by atoms with van der Waals surface area (Å²) < 4.78 is 53.2. The van der Waals surface area contributed by atoms with Crippen LogP contribution in [0.5, 0.6) is 11.5 Å². The van der Waals surface area contributed by atoms with Crippen molar-refractivity contribution in [3.63, 3.8) is 0 Å². The summed E-state index contributed by atoms with van der Waals surface area (Å²) in [6.45, 7) is 5.20. The van der Waals surface area contributed by atoms with Crippen molar-refractivity contribution in [2.75, 3.05) is 12.0 Å². The quantitative estimate of drug-likeness (QED) is 0.559. The highest BCUT2D eigenvalue weighted by atomic mass is 32.2. The summed E-state index contributed by atoms with van der Waals surface area (Å²) in [4.78, 5) is 21.5. The van der Waals surface area contributed by atoms with Crippen molar-refractivity contribution in [2.24, 2.45) is 4.36 Å². The predicted molar refractivity (Wildman–Crippen MR) is 119 cm³/mol. The summed E-state index contributed by atoms with van der Waals surface area (Å²) in [6, 6.07) is 6.50. The molecule has 1 aliphatic heterocycles. The summed E-state index contributed by atoms with van der Waals surface area (Å²) in [6.07, 6.45) is -0.699. The number of hydrogen-bond donors (Lipinski definition) is 1. The number of hydrogen-bond acceptors (Lipinski definition) is 8. The first-order valence-corrected chi connectivity index (χ1v) is 12.4. The number of aryl methyl sites for hydroxylation is 1. The third-order valence-electron chi connectivity index (χ3n) is 4.92. The molecule has 0 saturated heterocycles. The van der Waals surface area contributed by atoms with E-state index in [1.807, 2.05) is 0 Å². The normalized spacial score (nSPS) is 16.5. The lowest BCUT2D eigenvalue weighted by molar-refractivity contribution is -0.286. The second kappa shape index (κ2) is 8.63. The third-order valence-corrected chi connectivity index (χ3v) is 6.59. The second-order valence-corrected chi connectivity index (χ2v) is 10.3. The molecule has 0 bridgehead atoms. The molecular weight excluding hydrogens is 470 g/mol. The van der Waals surface area contributed by atoms with E-state index in [9.17, 15) is 17.8 Å². The molecule has 2 aromatic heterocycles. The lowest BCUT2D eigenvalue weighted by atomic mass is 10.1. The van der Waals surface area contributed by atoms with Crippen LogP contribution in [0, 0.1) is 6.92 Å². The number of amides is 1. The molecule has 1 aliphatic rings. The number of aromatic nitrogens is 4. The maximum atomic E-state index is 13.2. The van der Waals surface area contributed by atoms with Crippen molar-refractivity contribution in [1.29, 1.82) is 0 Å². The molecule has 34 heavy (non-hydrogen) atoms. The Morgan fingerprint density at radius 3 is 2.68 bits per heavy atom. The fourth-order valence-corrected chi connectivity index (χ4v) is 3.84. The molecule has 1 aromatic carbocycles. The number of carbonyl (C=O) groups excluding carboxylic acids is 1. The molecule has 3 heterocycles. The number of nitrogens with zero attached hydrogens (tertiary/aromatic N) is 5. The van der Waals surface area contributed by atoms with Crippen LogP contribution in [0.2, 0.25) is 0 Å². The third kappa shape index (κ3) is 4.98. The number of rotatable bonds is 6. The summed E-state index contributed by atoms with van der Waals surface area (Å²) in [5.74, 6) is 0.815. The van der Waals surface area contributed by atoms with Crippen molar-refractivity contribution >= 4 is 21.3 Å². The van der Waals surface area contributed by atoms with Crippen LogP contribution >= 0.6 is 0 Å². The summed E-state index contributed by atoms with van der Waals surface area (Å²) in [5.41, 5.74) is 0.587. The van der Waals surface area contributed by atoms with E-state index in [1.165, 1.54) is 29.1 Å². The monoisotopic (exact) mass is 492 g/mol. The Hall–Kier alpha value is -3.61. The highest BCUT2D eigenvalue weighted by molar-refractivity contribution is 7.93. The van der Waals surface area contributed by atoms with E-state index in [2.05, 4.69) is 34.2 Å². The van der Waals surface area contributed by atoms with Gasteiger partial charge >= 0.3 is 6.29 Å². The van der Waals surface area contributed by atoms with E-state index < -0.39 is 28.0 Å². The number of nitrogens with one attached hydrogen (secondary N) is 1. The van der Waals surface area contributed by atoms with Gasteiger partial charge < -0.3 is 14.8 Å². The standard InChI is InChI=1S/C21H22F2N6O4S/c1-5-34(4,31)28-15-7-9-18(24-11-15)29-19(26-13(3)27-29)12(2)25-20(30)14-6-8-16-17(10-14)33-21(22,23)32-16/h6-12H,5H2,1-4H3,(H,25,30)/t12-,34?/m0/s1. The molecule has 0 aliphatic carbocycles. The Kier molecular flexibility index (Phi) is 5.98. The topological polar surface area (TPSA) is 121 Å². The molecule has 1 N–H and O–H groups in total. The zero-order valence-electron chi connectivity index (χ0n) is 18.8. The first-order chi connectivity index (χ1) is 16.0. The SMILES string of the molecule is CCS(C)(=O)=Nc1ccc(-n2nc(C)nc2[C@H](C)NC(=O)c2ccc3c(c2)OC(F)(F)O3)nc1. The van der Waals surface area contributed by atoms with Gasteiger partial charge in [0.25, 0.3) is 5.91 Å². The Balaban J connectivity index is 1.55. The lowest BCUT2D eigenvalue weighted by Crippen LogP contribution is -2.28. The van der Waals surface area contributed by atoms with Crippen molar-refractivity contribution < 1.29 is 27.3 Å². The molecular formula is C21H22F2N6O4S. The van der Waals surface area contributed by atoms with Crippen LogP contribution in [0.1, 0.15) is 41.9 Å². The summed E-state index contributed by atoms with van der Waals surface area (Å²) >= 11 is 0. The minimum absolute atomic E-state index is 0.109. The van der Waals surface area contributed by atoms with E-state index in [1.54, 1.807) is 39.2 Å². The molecule has 180 valence electrons.